The third-order valence-corrected chi connectivity index (χ3v) is 1.87. The predicted octanol–water partition coefficient (Wildman–Crippen LogP) is 0.437. The first kappa shape index (κ1) is 8.92. The first-order chi connectivity index (χ1) is 4.22. The molecule has 0 spiro atoms. The number of nitrogens with one attached hydrogen (secondary N) is 1. The van der Waals surface area contributed by atoms with Gasteiger partial charge in [-0.3, -0.25) is 0 Å². The highest BCUT2D eigenvalue weighted by molar-refractivity contribution is 4.63. The van der Waals surface area contributed by atoms with Crippen molar-refractivity contribution >= 4 is 0 Å². The molecule has 0 fully saturated rings. The summed E-state index contributed by atoms with van der Waals surface area (Å²) in [6, 6.07) is 0. The molecule has 56 valence electrons. The first-order valence-electron chi connectivity index (χ1n) is 3.57. The van der Waals surface area contributed by atoms with E-state index in [9.17, 15) is 0 Å². The fourth-order valence-corrected chi connectivity index (χ4v) is 0.755. The molecule has 0 aliphatic rings. The van der Waals surface area contributed by atoms with Crippen molar-refractivity contribution in [2.45, 2.75) is 13.8 Å². The van der Waals surface area contributed by atoms with Crippen LogP contribution < -0.4 is 11.1 Å². The topological polar surface area (TPSA) is 38.0 Å². The summed E-state index contributed by atoms with van der Waals surface area (Å²) in [5.74, 6) is 1.33. The van der Waals surface area contributed by atoms with Crippen LogP contribution in [0.5, 0.6) is 0 Å². The molecule has 9 heavy (non-hydrogen) atoms. The van der Waals surface area contributed by atoms with E-state index in [2.05, 4.69) is 19.2 Å². The van der Waals surface area contributed by atoms with Crippen molar-refractivity contribution in [1.82, 2.24) is 5.32 Å². The predicted molar refractivity (Wildman–Crippen MR) is 41.3 cm³/mol. The first-order valence-corrected chi connectivity index (χ1v) is 3.57. The van der Waals surface area contributed by atoms with E-state index in [0.717, 1.165) is 13.1 Å². The maximum absolute atomic E-state index is 5.48. The van der Waals surface area contributed by atoms with E-state index in [4.69, 9.17) is 5.73 Å². The van der Waals surface area contributed by atoms with Gasteiger partial charge in [-0.25, -0.2) is 0 Å². The van der Waals surface area contributed by atoms with Crippen molar-refractivity contribution in [2.24, 2.45) is 17.6 Å². The molecule has 0 aromatic carbocycles. The zero-order valence-electron chi connectivity index (χ0n) is 6.65. The van der Waals surface area contributed by atoms with Gasteiger partial charge in [0.15, 0.2) is 0 Å². The molecule has 0 saturated carbocycles. The van der Waals surface area contributed by atoms with E-state index < -0.39 is 0 Å². The lowest BCUT2D eigenvalue weighted by molar-refractivity contribution is 0.384. The summed E-state index contributed by atoms with van der Waals surface area (Å²) < 4.78 is 0. The van der Waals surface area contributed by atoms with Gasteiger partial charge < -0.3 is 11.1 Å². The van der Waals surface area contributed by atoms with Gasteiger partial charge in [-0.15, -0.1) is 0 Å². The van der Waals surface area contributed by atoms with Gasteiger partial charge in [0.05, 0.1) is 0 Å². The number of hydrogen-bond donors (Lipinski definition) is 2. The third kappa shape index (κ3) is 3.49. The maximum atomic E-state index is 5.48. The minimum absolute atomic E-state index is 0.637. The Kier molecular flexibility index (Phi) is 4.72. The second-order valence-electron chi connectivity index (χ2n) is 2.75. The maximum Gasteiger partial charge on any atom is -0.00231 e. The summed E-state index contributed by atoms with van der Waals surface area (Å²) in [7, 11) is 1.97. The molecule has 3 N–H and O–H groups in total. The van der Waals surface area contributed by atoms with Crippen LogP contribution in [-0.2, 0) is 0 Å². The summed E-state index contributed by atoms with van der Waals surface area (Å²) in [4.78, 5) is 0. The van der Waals surface area contributed by atoms with Crippen LogP contribution in [0.3, 0.4) is 0 Å². The van der Waals surface area contributed by atoms with Crippen LogP contribution in [0.1, 0.15) is 13.8 Å². The summed E-state index contributed by atoms with van der Waals surface area (Å²) in [5.41, 5.74) is 5.48. The molecule has 0 saturated heterocycles. The van der Waals surface area contributed by atoms with Gasteiger partial charge in [0.25, 0.3) is 0 Å². The van der Waals surface area contributed by atoms with Crippen LogP contribution >= 0.6 is 0 Å². The average Bonchev–Trinajstić information content (AvgIpc) is 1.87. The lowest BCUT2D eigenvalue weighted by Crippen LogP contribution is -2.26. The van der Waals surface area contributed by atoms with E-state index in [1.807, 2.05) is 7.05 Å². The Morgan fingerprint density at radius 3 is 2.22 bits per heavy atom. The van der Waals surface area contributed by atoms with E-state index in [-0.39, 0.29) is 0 Å². The average molecular weight is 130 g/mol. The normalized spacial score (nSPS) is 17.3. The number of rotatable bonds is 4. The van der Waals surface area contributed by atoms with Gasteiger partial charge >= 0.3 is 0 Å². The van der Waals surface area contributed by atoms with Crippen molar-refractivity contribution in [3.8, 4) is 0 Å². The summed E-state index contributed by atoms with van der Waals surface area (Å²) in [6.07, 6.45) is 0. The van der Waals surface area contributed by atoms with Gasteiger partial charge in [-0.1, -0.05) is 13.8 Å². The molecule has 0 aromatic heterocycles. The van der Waals surface area contributed by atoms with Crippen LogP contribution in [-0.4, -0.2) is 20.1 Å². The Bertz CT molecular complexity index is 63.9. The molecule has 0 radical (unpaired) electrons. The SMILES string of the molecule is CNCC(C)C(C)CN. The Morgan fingerprint density at radius 1 is 1.33 bits per heavy atom. The van der Waals surface area contributed by atoms with Crippen LogP contribution in [0.2, 0.25) is 0 Å². The zero-order valence-corrected chi connectivity index (χ0v) is 6.65. The molecule has 0 heterocycles. The Morgan fingerprint density at radius 2 is 1.89 bits per heavy atom. The van der Waals surface area contributed by atoms with Gasteiger partial charge in [-0.2, -0.15) is 0 Å². The molecule has 2 nitrogen and oxygen atoms in total. The Hall–Kier alpha value is -0.0800. The molecule has 0 aliphatic carbocycles. The fourth-order valence-electron chi connectivity index (χ4n) is 0.755. The van der Waals surface area contributed by atoms with E-state index in [0.29, 0.717) is 11.8 Å². The van der Waals surface area contributed by atoms with Gasteiger partial charge in [-0.05, 0) is 32.0 Å². The molecule has 0 amide bonds. The zero-order chi connectivity index (χ0) is 7.28. The lowest BCUT2D eigenvalue weighted by Gasteiger charge is -2.16. The van der Waals surface area contributed by atoms with Gasteiger partial charge in [0.1, 0.15) is 0 Å². The van der Waals surface area contributed by atoms with Crippen LogP contribution in [0.4, 0.5) is 0 Å². The molecule has 0 bridgehead atoms. The minimum Gasteiger partial charge on any atom is -0.330 e. The summed E-state index contributed by atoms with van der Waals surface area (Å²) in [6.45, 7) is 6.26. The highest BCUT2D eigenvalue weighted by Crippen LogP contribution is 2.06. The number of nitrogens with two attached hydrogens (primary N) is 1. The van der Waals surface area contributed by atoms with Crippen LogP contribution in [0.15, 0.2) is 0 Å². The van der Waals surface area contributed by atoms with Crippen molar-refractivity contribution in [3.05, 3.63) is 0 Å². The van der Waals surface area contributed by atoms with Crippen molar-refractivity contribution in [1.29, 1.82) is 0 Å². The Balaban J connectivity index is 3.32. The molecular formula is C7H18N2. The van der Waals surface area contributed by atoms with Crippen molar-refractivity contribution in [2.75, 3.05) is 20.1 Å². The van der Waals surface area contributed by atoms with Crippen molar-refractivity contribution in [3.63, 3.8) is 0 Å². The van der Waals surface area contributed by atoms with E-state index in [1.165, 1.54) is 0 Å². The molecule has 0 aromatic rings. The van der Waals surface area contributed by atoms with Crippen LogP contribution in [0.25, 0.3) is 0 Å². The molecule has 2 unspecified atom stereocenters. The summed E-state index contributed by atoms with van der Waals surface area (Å²) >= 11 is 0. The second-order valence-corrected chi connectivity index (χ2v) is 2.75. The molecule has 0 aliphatic heterocycles. The van der Waals surface area contributed by atoms with Crippen molar-refractivity contribution < 1.29 is 0 Å². The summed E-state index contributed by atoms with van der Waals surface area (Å²) in [5, 5.41) is 3.13. The highest BCUT2D eigenvalue weighted by atomic mass is 14.8. The van der Waals surface area contributed by atoms with E-state index in [1.54, 1.807) is 0 Å². The van der Waals surface area contributed by atoms with Gasteiger partial charge in [0, 0.05) is 0 Å². The Labute approximate surface area is 57.8 Å². The molecular weight excluding hydrogens is 112 g/mol. The third-order valence-electron chi connectivity index (χ3n) is 1.87. The molecule has 2 atom stereocenters. The molecule has 0 rings (SSSR count). The standard InChI is InChI=1S/C7H18N2/c1-6(4-8)7(2)5-9-3/h6-7,9H,4-5,8H2,1-3H3. The second kappa shape index (κ2) is 4.77. The smallest absolute Gasteiger partial charge is 0.00231 e. The minimum atomic E-state index is 0.637. The lowest BCUT2D eigenvalue weighted by atomic mass is 9.96. The van der Waals surface area contributed by atoms with Gasteiger partial charge in [0.2, 0.25) is 0 Å². The fraction of sp³-hybridized carbons (Fsp3) is 1.00. The number of hydrogen-bond acceptors (Lipinski definition) is 2. The van der Waals surface area contributed by atoms with Crippen LogP contribution in [0, 0.1) is 11.8 Å². The molecule has 2 heteroatoms. The highest BCUT2D eigenvalue weighted by Gasteiger charge is 2.07. The monoisotopic (exact) mass is 130 g/mol. The quantitative estimate of drug-likeness (QED) is 0.579. The van der Waals surface area contributed by atoms with E-state index >= 15 is 0 Å². The largest absolute Gasteiger partial charge is 0.330 e.